The van der Waals surface area contributed by atoms with Crippen molar-refractivity contribution in [2.24, 2.45) is 0 Å². The van der Waals surface area contributed by atoms with Crippen LogP contribution in [0.4, 0.5) is 31.5 Å². The highest BCUT2D eigenvalue weighted by Crippen LogP contribution is 2.25. The number of benzene rings is 3. The van der Waals surface area contributed by atoms with Crippen LogP contribution in [0.25, 0.3) is 0 Å². The molecule has 3 N–H and O–H groups in total. The van der Waals surface area contributed by atoms with Crippen LogP contribution in [0.2, 0.25) is 5.15 Å². The Hall–Kier alpha value is -4.30. The van der Waals surface area contributed by atoms with E-state index in [0.717, 1.165) is 23.5 Å². The summed E-state index contributed by atoms with van der Waals surface area (Å²) in [5.41, 5.74) is 2.07. The van der Waals surface area contributed by atoms with E-state index in [4.69, 9.17) is 11.6 Å². The fourth-order valence-corrected chi connectivity index (χ4v) is 3.30. The molecule has 0 aliphatic carbocycles. The van der Waals surface area contributed by atoms with E-state index >= 15 is 0 Å². The van der Waals surface area contributed by atoms with Crippen molar-refractivity contribution in [2.45, 2.75) is 0 Å². The molecule has 6 nitrogen and oxygen atoms in total. The number of nitrogens with one attached hydrogen (secondary N) is 2. The molecule has 0 fully saturated rings. The molecular formula is C25H16ClF2N3O3. The number of rotatable bonds is 7. The monoisotopic (exact) mass is 479 g/mol. The van der Waals surface area contributed by atoms with Crippen LogP contribution < -0.4 is 10.6 Å². The zero-order valence-electron chi connectivity index (χ0n) is 17.4. The Morgan fingerprint density at radius 2 is 1.44 bits per heavy atom. The molecule has 0 spiro atoms. The van der Waals surface area contributed by atoms with Gasteiger partial charge in [0.15, 0.2) is 17.4 Å². The van der Waals surface area contributed by atoms with E-state index in [0.29, 0.717) is 10.7 Å². The van der Waals surface area contributed by atoms with Gasteiger partial charge in [-0.2, -0.15) is 0 Å². The van der Waals surface area contributed by atoms with E-state index in [1.165, 1.54) is 24.3 Å². The molecule has 0 saturated carbocycles. The Labute approximate surface area is 197 Å². The van der Waals surface area contributed by atoms with Gasteiger partial charge >= 0.3 is 5.97 Å². The van der Waals surface area contributed by atoms with Gasteiger partial charge in [-0.05, 0) is 66.7 Å². The predicted octanol–water partition coefficient (Wildman–Crippen LogP) is 6.43. The summed E-state index contributed by atoms with van der Waals surface area (Å²) in [5, 5.41) is 15.9. The second-order valence-electron chi connectivity index (χ2n) is 7.22. The van der Waals surface area contributed by atoms with Crippen LogP contribution >= 0.6 is 11.6 Å². The van der Waals surface area contributed by atoms with Crippen LogP contribution in [-0.4, -0.2) is 21.8 Å². The lowest BCUT2D eigenvalue weighted by Gasteiger charge is -2.12. The van der Waals surface area contributed by atoms with Crippen molar-refractivity contribution in [2.75, 3.05) is 10.6 Å². The summed E-state index contributed by atoms with van der Waals surface area (Å²) in [6, 6.07) is 17.3. The van der Waals surface area contributed by atoms with Crippen LogP contribution in [-0.2, 0) is 0 Å². The van der Waals surface area contributed by atoms with Gasteiger partial charge in [-0.15, -0.1) is 0 Å². The van der Waals surface area contributed by atoms with Crippen LogP contribution in [0.3, 0.4) is 0 Å². The number of aromatic carboxylic acids is 1. The number of ketones is 1. The first-order chi connectivity index (χ1) is 16.3. The van der Waals surface area contributed by atoms with Crippen LogP contribution in [0.15, 0.2) is 79.0 Å². The quantitative estimate of drug-likeness (QED) is 0.209. The molecule has 1 aromatic heterocycles. The topological polar surface area (TPSA) is 91.3 Å². The minimum atomic E-state index is -1.28. The molecule has 3 aromatic carbocycles. The van der Waals surface area contributed by atoms with E-state index < -0.39 is 17.6 Å². The van der Waals surface area contributed by atoms with Gasteiger partial charge in [-0.1, -0.05) is 11.6 Å². The van der Waals surface area contributed by atoms with Gasteiger partial charge in [0, 0.05) is 28.6 Å². The third-order valence-electron chi connectivity index (χ3n) is 4.87. The molecule has 0 aliphatic rings. The first-order valence-corrected chi connectivity index (χ1v) is 10.3. The zero-order valence-corrected chi connectivity index (χ0v) is 18.1. The summed E-state index contributed by atoms with van der Waals surface area (Å²) < 4.78 is 26.6. The number of anilines is 4. The standard InChI is InChI=1S/C25H16ClF2N3O3/c26-23-10-7-18(13-29-23)30-16-4-1-14(2-5-16)24(32)15-3-9-22(19(11-15)25(33)34)31-17-6-8-20(27)21(28)12-17/h1-13,30-31H,(H,33,34). The molecule has 34 heavy (non-hydrogen) atoms. The SMILES string of the molecule is O=C(c1ccc(Nc2ccc(Cl)nc2)cc1)c1ccc(Nc2ccc(F)c(F)c2)c(C(=O)O)c1. The van der Waals surface area contributed by atoms with Crippen LogP contribution in [0, 0.1) is 11.6 Å². The van der Waals surface area contributed by atoms with Gasteiger partial charge < -0.3 is 15.7 Å². The van der Waals surface area contributed by atoms with E-state index in [2.05, 4.69) is 15.6 Å². The van der Waals surface area contributed by atoms with Crippen molar-refractivity contribution in [1.82, 2.24) is 4.98 Å². The van der Waals surface area contributed by atoms with Gasteiger partial charge in [-0.3, -0.25) is 4.79 Å². The average Bonchev–Trinajstić information content (AvgIpc) is 2.83. The van der Waals surface area contributed by atoms with Crippen molar-refractivity contribution in [3.63, 3.8) is 0 Å². The fourth-order valence-electron chi connectivity index (χ4n) is 3.19. The number of carbonyl (C=O) groups excluding carboxylic acids is 1. The van der Waals surface area contributed by atoms with E-state index in [1.54, 1.807) is 42.6 Å². The van der Waals surface area contributed by atoms with Gasteiger partial charge in [-0.25, -0.2) is 18.6 Å². The van der Waals surface area contributed by atoms with Gasteiger partial charge in [0.1, 0.15) is 5.15 Å². The van der Waals surface area contributed by atoms with Crippen molar-refractivity contribution >= 4 is 46.1 Å². The molecule has 0 radical (unpaired) electrons. The van der Waals surface area contributed by atoms with Crippen LogP contribution in [0.5, 0.6) is 0 Å². The van der Waals surface area contributed by atoms with Crippen LogP contribution in [0.1, 0.15) is 26.3 Å². The lowest BCUT2D eigenvalue weighted by molar-refractivity contribution is 0.0698. The number of hydrogen-bond donors (Lipinski definition) is 3. The fraction of sp³-hybridized carbons (Fsp3) is 0. The zero-order chi connectivity index (χ0) is 24.2. The maximum Gasteiger partial charge on any atom is 0.337 e. The smallest absolute Gasteiger partial charge is 0.337 e. The summed E-state index contributed by atoms with van der Waals surface area (Å²) in [4.78, 5) is 28.7. The van der Waals surface area contributed by atoms with Crippen molar-refractivity contribution in [3.8, 4) is 0 Å². The number of nitrogens with zero attached hydrogens (tertiary/aromatic N) is 1. The summed E-state index contributed by atoms with van der Waals surface area (Å²) in [5.74, 6) is -3.74. The summed E-state index contributed by atoms with van der Waals surface area (Å²) in [6.45, 7) is 0. The third-order valence-corrected chi connectivity index (χ3v) is 5.10. The highest BCUT2D eigenvalue weighted by Gasteiger charge is 2.16. The number of hydrogen-bond acceptors (Lipinski definition) is 5. The van der Waals surface area contributed by atoms with Crippen molar-refractivity contribution in [1.29, 1.82) is 0 Å². The molecule has 0 bridgehead atoms. The van der Waals surface area contributed by atoms with E-state index in [-0.39, 0.29) is 28.3 Å². The Bertz CT molecular complexity index is 1380. The maximum absolute atomic E-state index is 13.5. The summed E-state index contributed by atoms with van der Waals surface area (Å²) >= 11 is 5.78. The predicted molar refractivity (Wildman–Crippen MR) is 125 cm³/mol. The maximum atomic E-state index is 13.5. The molecule has 9 heteroatoms. The first kappa shape index (κ1) is 22.9. The van der Waals surface area contributed by atoms with E-state index in [9.17, 15) is 23.5 Å². The normalized spacial score (nSPS) is 10.6. The number of carboxylic acids is 1. The first-order valence-electron chi connectivity index (χ1n) is 9.93. The lowest BCUT2D eigenvalue weighted by Crippen LogP contribution is -2.08. The highest BCUT2D eigenvalue weighted by molar-refractivity contribution is 6.29. The molecule has 1 heterocycles. The number of halogens is 3. The highest BCUT2D eigenvalue weighted by atomic mass is 35.5. The van der Waals surface area contributed by atoms with E-state index in [1.807, 2.05) is 0 Å². The summed E-state index contributed by atoms with van der Waals surface area (Å²) in [6.07, 6.45) is 1.57. The average molecular weight is 480 g/mol. The Kier molecular flexibility index (Phi) is 6.51. The second-order valence-corrected chi connectivity index (χ2v) is 7.61. The van der Waals surface area contributed by atoms with Gasteiger partial charge in [0.25, 0.3) is 0 Å². The molecule has 4 aromatic rings. The Morgan fingerprint density at radius 3 is 2.09 bits per heavy atom. The third kappa shape index (κ3) is 5.19. The molecule has 4 rings (SSSR count). The van der Waals surface area contributed by atoms with Crippen molar-refractivity contribution in [3.05, 3.63) is 112 Å². The molecule has 0 atom stereocenters. The van der Waals surface area contributed by atoms with Gasteiger partial charge in [0.05, 0.1) is 23.1 Å². The Balaban J connectivity index is 1.54. The number of aromatic nitrogens is 1. The molecule has 0 unspecified atom stereocenters. The second kappa shape index (κ2) is 9.68. The minimum absolute atomic E-state index is 0.131. The number of carboxylic acid groups (broad SMARTS) is 1. The van der Waals surface area contributed by atoms with Crippen molar-refractivity contribution < 1.29 is 23.5 Å². The van der Waals surface area contributed by atoms with Gasteiger partial charge in [0.2, 0.25) is 0 Å². The number of pyridine rings is 1. The minimum Gasteiger partial charge on any atom is -0.478 e. The molecule has 0 aliphatic heterocycles. The molecule has 170 valence electrons. The molecule has 0 saturated heterocycles. The molecule has 0 amide bonds. The Morgan fingerprint density at radius 1 is 0.765 bits per heavy atom. The molecular weight excluding hydrogens is 464 g/mol. The lowest BCUT2D eigenvalue weighted by atomic mass is 10.00. The largest absolute Gasteiger partial charge is 0.478 e. The number of carbonyl (C=O) groups is 2. The summed E-state index contributed by atoms with van der Waals surface area (Å²) in [7, 11) is 0.